The molecule has 0 spiro atoms. The molecule has 0 fully saturated rings. The van der Waals surface area contributed by atoms with Gasteiger partial charge in [0.1, 0.15) is 17.2 Å². The van der Waals surface area contributed by atoms with Crippen LogP contribution in [0.3, 0.4) is 0 Å². The van der Waals surface area contributed by atoms with Crippen LogP contribution in [0.4, 0.5) is 4.39 Å². The molecule has 0 amide bonds. The predicted molar refractivity (Wildman–Crippen MR) is 103 cm³/mol. The molecule has 0 bridgehead atoms. The van der Waals surface area contributed by atoms with E-state index in [-0.39, 0.29) is 5.82 Å². The Balaban J connectivity index is 1.77. The normalized spacial score (nSPS) is 10.9. The van der Waals surface area contributed by atoms with Gasteiger partial charge in [-0.1, -0.05) is 11.6 Å². The minimum absolute atomic E-state index is 0.314. The first-order chi connectivity index (χ1) is 13.1. The molecule has 0 saturated heterocycles. The van der Waals surface area contributed by atoms with Gasteiger partial charge in [-0.3, -0.25) is 9.97 Å². The number of benzene rings is 2. The predicted octanol–water partition coefficient (Wildman–Crippen LogP) is 6.05. The van der Waals surface area contributed by atoms with Gasteiger partial charge in [0.05, 0.1) is 11.9 Å². The van der Waals surface area contributed by atoms with E-state index in [0.717, 1.165) is 10.6 Å². The first-order valence-electron chi connectivity index (χ1n) is 8.08. The number of oxazole rings is 1. The highest BCUT2D eigenvalue weighted by atomic mass is 35.5. The third-order valence-electron chi connectivity index (χ3n) is 3.73. The lowest BCUT2D eigenvalue weighted by Crippen LogP contribution is -1.89. The molecule has 4 nitrogen and oxygen atoms in total. The highest BCUT2D eigenvalue weighted by Gasteiger charge is 2.19. The number of aromatic nitrogens is 3. The van der Waals surface area contributed by atoms with E-state index in [9.17, 15) is 4.39 Å². The van der Waals surface area contributed by atoms with Gasteiger partial charge in [0.25, 0.3) is 0 Å². The number of halogens is 2. The summed E-state index contributed by atoms with van der Waals surface area (Å²) >= 11 is 7.37. The number of rotatable bonds is 4. The number of nitrogens with zero attached hydrogens (tertiary/aromatic N) is 3. The van der Waals surface area contributed by atoms with E-state index in [1.807, 2.05) is 31.2 Å². The minimum atomic E-state index is -0.314. The molecule has 0 saturated carbocycles. The molecule has 2 aromatic heterocycles. The van der Waals surface area contributed by atoms with Crippen molar-refractivity contribution in [1.29, 1.82) is 0 Å². The van der Waals surface area contributed by atoms with Gasteiger partial charge >= 0.3 is 0 Å². The smallest absolute Gasteiger partial charge is 0.228 e. The summed E-state index contributed by atoms with van der Waals surface area (Å²) in [6.45, 7) is 1.87. The van der Waals surface area contributed by atoms with Gasteiger partial charge in [0.15, 0.2) is 5.09 Å². The van der Waals surface area contributed by atoms with Crippen molar-refractivity contribution in [3.8, 4) is 22.8 Å². The van der Waals surface area contributed by atoms with Gasteiger partial charge in [-0.05, 0) is 67.2 Å². The first-order valence-corrected chi connectivity index (χ1v) is 9.27. The van der Waals surface area contributed by atoms with Gasteiger partial charge in [-0.25, -0.2) is 9.37 Å². The molecule has 2 aromatic carbocycles. The van der Waals surface area contributed by atoms with Crippen molar-refractivity contribution in [2.75, 3.05) is 0 Å². The van der Waals surface area contributed by atoms with E-state index in [0.29, 0.717) is 33.0 Å². The Hall–Kier alpha value is -2.70. The van der Waals surface area contributed by atoms with Gasteiger partial charge in [0, 0.05) is 21.7 Å². The second-order valence-corrected chi connectivity index (χ2v) is 7.24. The highest BCUT2D eigenvalue weighted by molar-refractivity contribution is 7.99. The van der Waals surface area contributed by atoms with Gasteiger partial charge in [0.2, 0.25) is 5.89 Å². The maximum Gasteiger partial charge on any atom is 0.228 e. The first kappa shape index (κ1) is 17.7. The average molecular weight is 398 g/mol. The van der Waals surface area contributed by atoms with Crippen molar-refractivity contribution in [2.24, 2.45) is 0 Å². The summed E-state index contributed by atoms with van der Waals surface area (Å²) in [5.74, 6) is 0.0783. The third-order valence-corrected chi connectivity index (χ3v) is 4.96. The molecule has 0 aliphatic carbocycles. The van der Waals surface area contributed by atoms with Crippen LogP contribution in [0.5, 0.6) is 0 Å². The Morgan fingerprint density at radius 1 is 0.963 bits per heavy atom. The van der Waals surface area contributed by atoms with Gasteiger partial charge in [-0.15, -0.1) is 0 Å². The van der Waals surface area contributed by atoms with E-state index >= 15 is 0 Å². The topological polar surface area (TPSA) is 51.8 Å². The second kappa shape index (κ2) is 7.50. The molecule has 0 atom stereocenters. The molecule has 0 N–H and O–H groups in total. The maximum absolute atomic E-state index is 13.2. The Labute approximate surface area is 164 Å². The van der Waals surface area contributed by atoms with Crippen LogP contribution in [0.1, 0.15) is 5.69 Å². The third kappa shape index (κ3) is 4.02. The monoisotopic (exact) mass is 397 g/mol. The summed E-state index contributed by atoms with van der Waals surface area (Å²) in [4.78, 5) is 14.2. The van der Waals surface area contributed by atoms with E-state index in [2.05, 4.69) is 15.0 Å². The Morgan fingerprint density at radius 2 is 1.70 bits per heavy atom. The molecular weight excluding hydrogens is 385 g/mol. The molecule has 0 aliphatic heterocycles. The summed E-state index contributed by atoms with van der Waals surface area (Å²) < 4.78 is 19.2. The van der Waals surface area contributed by atoms with E-state index in [1.54, 1.807) is 24.5 Å². The maximum atomic E-state index is 13.2. The van der Waals surface area contributed by atoms with Crippen LogP contribution in [-0.2, 0) is 0 Å². The Bertz CT molecular complexity index is 1060. The Kier molecular flexibility index (Phi) is 4.92. The minimum Gasteiger partial charge on any atom is -0.429 e. The van der Waals surface area contributed by atoms with Crippen molar-refractivity contribution in [1.82, 2.24) is 15.0 Å². The van der Waals surface area contributed by atoms with Crippen molar-refractivity contribution in [3.63, 3.8) is 0 Å². The number of aryl methyl sites for hydroxylation is 1. The fourth-order valence-electron chi connectivity index (χ4n) is 2.38. The van der Waals surface area contributed by atoms with Crippen LogP contribution in [-0.4, -0.2) is 15.0 Å². The molecule has 0 aliphatic rings. The molecule has 0 unspecified atom stereocenters. The lowest BCUT2D eigenvalue weighted by Gasteiger charge is -2.01. The zero-order chi connectivity index (χ0) is 18.8. The lowest BCUT2D eigenvalue weighted by atomic mass is 10.2. The molecule has 134 valence electrons. The van der Waals surface area contributed by atoms with E-state index < -0.39 is 0 Å². The second-order valence-electron chi connectivity index (χ2n) is 5.76. The van der Waals surface area contributed by atoms with Crippen LogP contribution in [0, 0.1) is 12.7 Å². The van der Waals surface area contributed by atoms with Crippen molar-refractivity contribution in [3.05, 3.63) is 77.5 Å². The molecular formula is C20H13ClFN3OS. The fraction of sp³-hybridized carbons (Fsp3) is 0.0500. The van der Waals surface area contributed by atoms with Crippen LogP contribution in [0.15, 0.2) is 75.3 Å². The Morgan fingerprint density at radius 3 is 2.37 bits per heavy atom. The van der Waals surface area contributed by atoms with Crippen molar-refractivity contribution in [2.45, 2.75) is 16.9 Å². The van der Waals surface area contributed by atoms with Crippen LogP contribution in [0.25, 0.3) is 22.8 Å². The molecule has 2 heterocycles. The van der Waals surface area contributed by atoms with Crippen LogP contribution >= 0.6 is 23.4 Å². The fourth-order valence-corrected chi connectivity index (χ4v) is 3.36. The molecule has 4 rings (SSSR count). The summed E-state index contributed by atoms with van der Waals surface area (Å²) in [5.41, 5.74) is 2.68. The van der Waals surface area contributed by atoms with Gasteiger partial charge < -0.3 is 4.42 Å². The van der Waals surface area contributed by atoms with E-state index in [1.165, 1.54) is 23.9 Å². The molecule has 27 heavy (non-hydrogen) atoms. The standard InChI is InChI=1S/C20H13ClFN3OS/c1-12-10-24-17(11-23-12)18-20(27-16-8-4-14(21)5-9-16)26-19(25-18)13-2-6-15(22)7-3-13/h2-11H,1H3. The SMILES string of the molecule is Cc1cnc(-c2nc(-c3ccc(F)cc3)oc2Sc2ccc(Cl)cc2)cn1. The molecule has 0 radical (unpaired) electrons. The highest BCUT2D eigenvalue weighted by Crippen LogP contribution is 2.38. The zero-order valence-corrected chi connectivity index (χ0v) is 15.8. The van der Waals surface area contributed by atoms with Crippen LogP contribution in [0.2, 0.25) is 5.02 Å². The zero-order valence-electron chi connectivity index (χ0n) is 14.2. The lowest BCUT2D eigenvalue weighted by molar-refractivity contribution is 0.485. The quantitative estimate of drug-likeness (QED) is 0.419. The van der Waals surface area contributed by atoms with E-state index in [4.69, 9.17) is 16.0 Å². The average Bonchev–Trinajstić information content (AvgIpc) is 3.08. The largest absolute Gasteiger partial charge is 0.429 e. The number of hydrogen-bond donors (Lipinski definition) is 0. The summed E-state index contributed by atoms with van der Waals surface area (Å²) in [7, 11) is 0. The van der Waals surface area contributed by atoms with Crippen molar-refractivity contribution >= 4 is 23.4 Å². The summed E-state index contributed by atoms with van der Waals surface area (Å²) in [6, 6.07) is 13.4. The number of hydrogen-bond acceptors (Lipinski definition) is 5. The summed E-state index contributed by atoms with van der Waals surface area (Å²) in [5, 5.41) is 1.24. The van der Waals surface area contributed by atoms with Crippen LogP contribution < -0.4 is 0 Å². The van der Waals surface area contributed by atoms with Crippen molar-refractivity contribution < 1.29 is 8.81 Å². The summed E-state index contributed by atoms with van der Waals surface area (Å²) in [6.07, 6.45) is 3.34. The molecule has 4 aromatic rings. The molecule has 7 heteroatoms. The van der Waals surface area contributed by atoms with Gasteiger partial charge in [-0.2, -0.15) is 0 Å².